The van der Waals surface area contributed by atoms with Crippen molar-refractivity contribution < 1.29 is 8.83 Å². The third kappa shape index (κ3) is 6.47. The molecular formula is C74H60N2O2. The monoisotopic (exact) mass is 1010 g/mol. The smallest absolute Gasteiger partial charge is 0.139 e. The molecule has 0 unspecified atom stereocenters. The molecule has 11 aromatic carbocycles. The number of anilines is 6. The molecule has 4 heteroatoms. The maximum atomic E-state index is 7.14. The van der Waals surface area contributed by atoms with Crippen LogP contribution >= 0.6 is 0 Å². The van der Waals surface area contributed by atoms with E-state index < -0.39 is 0 Å². The van der Waals surface area contributed by atoms with E-state index >= 15 is 0 Å². The number of furan rings is 2. The topological polar surface area (TPSA) is 32.8 Å². The van der Waals surface area contributed by atoms with Crippen LogP contribution in [0.25, 0.3) is 87.7 Å². The maximum absolute atomic E-state index is 7.14. The fourth-order valence-electron chi connectivity index (χ4n) is 14.6. The molecule has 0 N–H and O–H groups in total. The predicted octanol–water partition coefficient (Wildman–Crippen LogP) is 21.2. The molecule has 13 aromatic rings. The van der Waals surface area contributed by atoms with Gasteiger partial charge in [-0.1, -0.05) is 172 Å². The van der Waals surface area contributed by atoms with Crippen LogP contribution in [-0.2, 0) is 10.8 Å². The van der Waals surface area contributed by atoms with Crippen LogP contribution in [0.1, 0.15) is 83.3 Å². The van der Waals surface area contributed by atoms with Crippen LogP contribution in [0.3, 0.4) is 0 Å². The molecule has 0 radical (unpaired) electrons. The summed E-state index contributed by atoms with van der Waals surface area (Å²) in [4.78, 5) is 4.99. The summed E-state index contributed by atoms with van der Waals surface area (Å²) in [6.45, 7) is 22.8. The first-order valence-electron chi connectivity index (χ1n) is 27.6. The Morgan fingerprint density at radius 2 is 0.667 bits per heavy atom. The molecule has 2 aromatic heterocycles. The van der Waals surface area contributed by atoms with Gasteiger partial charge in [0, 0.05) is 72.7 Å². The molecule has 0 bridgehead atoms. The van der Waals surface area contributed by atoms with Crippen molar-refractivity contribution in [1.82, 2.24) is 0 Å². The average molecular weight is 1010 g/mol. The Labute approximate surface area is 455 Å². The number of fused-ring (bicyclic) bond motifs is 16. The van der Waals surface area contributed by atoms with Gasteiger partial charge in [-0.05, 0) is 149 Å². The van der Waals surface area contributed by atoms with E-state index in [-0.39, 0.29) is 10.8 Å². The number of hydrogen-bond donors (Lipinski definition) is 0. The molecule has 2 aliphatic rings. The van der Waals surface area contributed by atoms with Crippen LogP contribution in [0.2, 0.25) is 0 Å². The highest BCUT2D eigenvalue weighted by atomic mass is 16.3. The van der Waals surface area contributed by atoms with E-state index in [9.17, 15) is 0 Å². The van der Waals surface area contributed by atoms with Gasteiger partial charge in [-0.3, -0.25) is 0 Å². The largest absolute Gasteiger partial charge is 0.456 e. The lowest BCUT2D eigenvalue weighted by atomic mass is 9.82. The first-order chi connectivity index (χ1) is 37.6. The Morgan fingerprint density at radius 3 is 1.08 bits per heavy atom. The number of hydrogen-bond acceptors (Lipinski definition) is 4. The molecule has 4 nitrogen and oxygen atoms in total. The lowest BCUT2D eigenvalue weighted by molar-refractivity contribution is 0.656. The van der Waals surface area contributed by atoms with Crippen molar-refractivity contribution >= 4 is 99.5 Å². The fraction of sp³-hybridized carbons (Fsp3) is 0.162. The molecule has 0 spiro atoms. The van der Waals surface area contributed by atoms with Gasteiger partial charge in [0.25, 0.3) is 0 Å². The van der Waals surface area contributed by atoms with Gasteiger partial charge in [-0.2, -0.15) is 0 Å². The Bertz CT molecular complexity index is 4430. The van der Waals surface area contributed by atoms with Gasteiger partial charge in [-0.15, -0.1) is 0 Å². The van der Waals surface area contributed by atoms with Crippen LogP contribution in [-0.4, -0.2) is 0 Å². The van der Waals surface area contributed by atoms with E-state index in [1.807, 2.05) is 0 Å². The quantitative estimate of drug-likeness (QED) is 0.166. The van der Waals surface area contributed by atoms with Crippen molar-refractivity contribution in [3.63, 3.8) is 0 Å². The van der Waals surface area contributed by atoms with Crippen molar-refractivity contribution in [2.24, 2.45) is 0 Å². The van der Waals surface area contributed by atoms with E-state index in [0.717, 1.165) is 88.2 Å². The zero-order chi connectivity index (χ0) is 53.3. The number of aryl methyl sites for hydroxylation is 6. The first kappa shape index (κ1) is 46.4. The molecule has 15 rings (SSSR count). The van der Waals surface area contributed by atoms with Crippen LogP contribution in [0, 0.1) is 41.5 Å². The summed E-state index contributed by atoms with van der Waals surface area (Å²) in [5.41, 5.74) is 27.8. The van der Waals surface area contributed by atoms with Crippen LogP contribution < -0.4 is 9.80 Å². The Balaban J connectivity index is 0.943. The molecule has 0 saturated carbocycles. The minimum atomic E-state index is -0.157. The fourth-order valence-corrected chi connectivity index (χ4v) is 14.6. The third-order valence-corrected chi connectivity index (χ3v) is 17.9. The second kappa shape index (κ2) is 16.3. The SMILES string of the molecule is Cc1cc(C)c(N(c2ccc3c(c2)C(C)(C)c2ccccc2-3)c2cc3oc4cc5oc6cc(N(c7ccc8c(c7)C(C)(C)c7ccccc7-8)c7c(C)cc(C)cc7C)c7ccccc7c6c5cc4c3c3ccccc23)c(C)c1. The molecule has 0 aliphatic heterocycles. The van der Waals surface area contributed by atoms with E-state index in [1.54, 1.807) is 0 Å². The minimum Gasteiger partial charge on any atom is -0.456 e. The summed E-state index contributed by atoms with van der Waals surface area (Å²) in [5.74, 6) is 0. The molecule has 2 aliphatic carbocycles. The molecule has 2 heterocycles. The molecule has 78 heavy (non-hydrogen) atoms. The third-order valence-electron chi connectivity index (χ3n) is 17.9. The second-order valence-electron chi connectivity index (χ2n) is 23.6. The number of rotatable bonds is 6. The lowest BCUT2D eigenvalue weighted by Gasteiger charge is -2.31. The molecule has 0 saturated heterocycles. The van der Waals surface area contributed by atoms with Gasteiger partial charge in [0.05, 0.1) is 22.7 Å². The summed E-state index contributed by atoms with van der Waals surface area (Å²) in [7, 11) is 0. The standard InChI is InChI=1S/C74H60N2O2/c1-41-31-43(3)71(44(4)32-41)75(47-27-29-51-49-19-15-17-25-59(49)73(7,8)61(51)35-47)63-38-67-69(55-23-13-11-21-53(55)63)57-37-58-66(40-65(57)77-67)78-68-39-64(54-22-12-14-24-56(54)70(58)68)76(72-45(5)33-42(2)34-46(72)6)48-28-30-52-50-20-16-18-26-60(50)74(9,10)62(52)36-48/h11-40H,1-10H3. The molecular weight excluding hydrogens is 949 g/mol. The van der Waals surface area contributed by atoms with Crippen molar-refractivity contribution in [3.8, 4) is 22.3 Å². The summed E-state index contributed by atoms with van der Waals surface area (Å²) in [5, 5.41) is 8.93. The normalized spacial score (nSPS) is 14.0. The van der Waals surface area contributed by atoms with Crippen molar-refractivity contribution in [1.29, 1.82) is 0 Å². The summed E-state index contributed by atoms with van der Waals surface area (Å²) >= 11 is 0. The molecule has 0 atom stereocenters. The Hall–Kier alpha value is -8.86. The van der Waals surface area contributed by atoms with Gasteiger partial charge >= 0.3 is 0 Å². The minimum absolute atomic E-state index is 0.157. The summed E-state index contributed by atoms with van der Waals surface area (Å²) < 4.78 is 14.3. The van der Waals surface area contributed by atoms with Crippen LogP contribution in [0.15, 0.2) is 191 Å². The highest BCUT2D eigenvalue weighted by molar-refractivity contribution is 6.28. The van der Waals surface area contributed by atoms with Crippen molar-refractivity contribution in [3.05, 3.63) is 238 Å². The lowest BCUT2D eigenvalue weighted by Crippen LogP contribution is -2.17. The van der Waals surface area contributed by atoms with Gasteiger partial charge in [0.15, 0.2) is 0 Å². The Morgan fingerprint density at radius 1 is 0.308 bits per heavy atom. The predicted molar refractivity (Wildman–Crippen MR) is 329 cm³/mol. The highest BCUT2D eigenvalue weighted by Gasteiger charge is 2.38. The number of benzene rings is 11. The van der Waals surface area contributed by atoms with Crippen LogP contribution in [0.4, 0.5) is 34.1 Å². The second-order valence-corrected chi connectivity index (χ2v) is 23.6. The first-order valence-corrected chi connectivity index (χ1v) is 27.6. The van der Waals surface area contributed by atoms with Gasteiger partial charge in [0.1, 0.15) is 22.3 Å². The van der Waals surface area contributed by atoms with Gasteiger partial charge < -0.3 is 18.6 Å². The zero-order valence-electron chi connectivity index (χ0n) is 46.0. The molecule has 378 valence electrons. The highest BCUT2D eigenvalue weighted by Crippen LogP contribution is 2.55. The van der Waals surface area contributed by atoms with E-state index in [1.165, 1.54) is 89.3 Å². The van der Waals surface area contributed by atoms with Gasteiger partial charge in [-0.25, -0.2) is 0 Å². The summed E-state index contributed by atoms with van der Waals surface area (Å²) in [6, 6.07) is 68.0. The number of nitrogens with zero attached hydrogens (tertiary/aromatic N) is 2. The average Bonchev–Trinajstić information content (AvgIpc) is 4.31. The Kier molecular flexibility index (Phi) is 9.72. The van der Waals surface area contributed by atoms with Crippen molar-refractivity contribution in [2.45, 2.75) is 80.1 Å². The maximum Gasteiger partial charge on any atom is 0.139 e. The van der Waals surface area contributed by atoms with Crippen LogP contribution in [0.5, 0.6) is 0 Å². The molecule has 0 amide bonds. The van der Waals surface area contributed by atoms with E-state index in [4.69, 9.17) is 8.83 Å². The van der Waals surface area contributed by atoms with Crippen molar-refractivity contribution in [2.75, 3.05) is 9.80 Å². The van der Waals surface area contributed by atoms with Gasteiger partial charge in [0.2, 0.25) is 0 Å². The van der Waals surface area contributed by atoms with E-state index in [2.05, 4.69) is 261 Å². The van der Waals surface area contributed by atoms with E-state index in [0.29, 0.717) is 0 Å². The molecule has 0 fully saturated rings. The zero-order valence-corrected chi connectivity index (χ0v) is 46.0. The summed E-state index contributed by atoms with van der Waals surface area (Å²) in [6.07, 6.45) is 0.